The Labute approximate surface area is 175 Å². The first-order chi connectivity index (χ1) is 13.9. The van der Waals surface area contributed by atoms with Crippen LogP contribution in [0.1, 0.15) is 46.1 Å². The van der Waals surface area contributed by atoms with Crippen molar-refractivity contribution in [1.29, 1.82) is 0 Å². The number of aromatic hydroxyl groups is 1. The second kappa shape index (κ2) is 7.91. The first kappa shape index (κ1) is 19.5. The summed E-state index contributed by atoms with van der Waals surface area (Å²) in [5.41, 5.74) is 4.82. The number of hydrogen-bond donors (Lipinski definition) is 1. The maximum absolute atomic E-state index is 12.9. The average Bonchev–Trinajstić information content (AvgIpc) is 3.11. The van der Waals surface area contributed by atoms with Gasteiger partial charge in [-0.1, -0.05) is 29.8 Å². The van der Waals surface area contributed by atoms with Crippen LogP contribution in [-0.2, 0) is 0 Å². The van der Waals surface area contributed by atoms with E-state index in [1.165, 1.54) is 23.4 Å². The van der Waals surface area contributed by atoms with Gasteiger partial charge in [-0.3, -0.25) is 4.79 Å². The van der Waals surface area contributed by atoms with Gasteiger partial charge in [0, 0.05) is 24.7 Å². The van der Waals surface area contributed by atoms with Crippen LogP contribution in [0.3, 0.4) is 0 Å². The molecule has 0 bridgehead atoms. The lowest BCUT2D eigenvalue weighted by Crippen LogP contribution is -2.38. The highest BCUT2D eigenvalue weighted by atomic mass is 35.5. The van der Waals surface area contributed by atoms with Crippen molar-refractivity contribution in [3.63, 3.8) is 0 Å². The first-order valence-electron chi connectivity index (χ1n) is 9.84. The van der Waals surface area contributed by atoms with E-state index in [2.05, 4.69) is 29.8 Å². The second-order valence-electron chi connectivity index (χ2n) is 7.64. The summed E-state index contributed by atoms with van der Waals surface area (Å²) in [4.78, 5) is 14.7. The number of likely N-dealkylation sites (tertiary alicyclic amines) is 1. The molecule has 29 heavy (non-hydrogen) atoms. The van der Waals surface area contributed by atoms with Gasteiger partial charge in [0.1, 0.15) is 5.75 Å². The monoisotopic (exact) mass is 409 g/mol. The standard InChI is InChI=1S/C23H24ClN3O2/c1-15-5-3-4-6-21(15)27-22(13-16(2)25-27)17-9-11-26(12-10-17)23(29)19-14-18(28)7-8-20(19)24/h3-8,13-14,17,28H,9-12H2,1-2H3. The summed E-state index contributed by atoms with van der Waals surface area (Å²) < 4.78 is 2.05. The number of phenolic OH excluding ortho intramolecular Hbond substituents is 1. The third-order valence-corrected chi connectivity index (χ3v) is 5.91. The van der Waals surface area contributed by atoms with E-state index in [0.717, 1.165) is 24.2 Å². The van der Waals surface area contributed by atoms with Crippen molar-refractivity contribution in [3.05, 3.63) is 76.1 Å². The second-order valence-corrected chi connectivity index (χ2v) is 8.05. The highest BCUT2D eigenvalue weighted by molar-refractivity contribution is 6.33. The van der Waals surface area contributed by atoms with Gasteiger partial charge in [0.2, 0.25) is 0 Å². The molecule has 0 radical (unpaired) electrons. The first-order valence-corrected chi connectivity index (χ1v) is 10.2. The van der Waals surface area contributed by atoms with Gasteiger partial charge >= 0.3 is 0 Å². The molecule has 3 aromatic rings. The van der Waals surface area contributed by atoms with Crippen molar-refractivity contribution >= 4 is 17.5 Å². The predicted octanol–water partition coefficient (Wildman–Crippen LogP) is 4.87. The minimum absolute atomic E-state index is 0.0465. The SMILES string of the molecule is Cc1cc(C2CCN(C(=O)c3cc(O)ccc3Cl)CC2)n(-c2ccccc2C)n1. The number of halogens is 1. The van der Waals surface area contributed by atoms with Crippen LogP contribution in [-0.4, -0.2) is 38.8 Å². The Hall–Kier alpha value is -2.79. The zero-order valence-corrected chi connectivity index (χ0v) is 17.4. The molecule has 0 unspecified atom stereocenters. The van der Waals surface area contributed by atoms with Gasteiger partial charge in [-0.05, 0) is 62.6 Å². The topological polar surface area (TPSA) is 58.4 Å². The predicted molar refractivity (Wildman–Crippen MR) is 114 cm³/mol. The van der Waals surface area contributed by atoms with E-state index in [4.69, 9.17) is 16.7 Å². The number of nitrogens with zero attached hydrogens (tertiary/aromatic N) is 3. The van der Waals surface area contributed by atoms with Crippen molar-refractivity contribution in [1.82, 2.24) is 14.7 Å². The van der Waals surface area contributed by atoms with Crippen molar-refractivity contribution in [2.45, 2.75) is 32.6 Å². The molecule has 1 N–H and O–H groups in total. The zero-order valence-electron chi connectivity index (χ0n) is 16.6. The Morgan fingerprint density at radius 1 is 1.10 bits per heavy atom. The lowest BCUT2D eigenvalue weighted by Gasteiger charge is -2.32. The summed E-state index contributed by atoms with van der Waals surface area (Å²) in [6, 6.07) is 14.9. The lowest BCUT2D eigenvalue weighted by atomic mass is 9.92. The van der Waals surface area contributed by atoms with Gasteiger partial charge in [0.15, 0.2) is 0 Å². The zero-order chi connectivity index (χ0) is 20.5. The van der Waals surface area contributed by atoms with Gasteiger partial charge in [0.05, 0.1) is 22.0 Å². The number of para-hydroxylation sites is 1. The fourth-order valence-corrected chi connectivity index (χ4v) is 4.23. The molecule has 1 fully saturated rings. The summed E-state index contributed by atoms with van der Waals surface area (Å²) in [6.07, 6.45) is 1.72. The van der Waals surface area contributed by atoms with Crippen molar-refractivity contribution in [2.24, 2.45) is 0 Å². The third-order valence-electron chi connectivity index (χ3n) is 5.58. The highest BCUT2D eigenvalue weighted by Crippen LogP contribution is 2.32. The van der Waals surface area contributed by atoms with E-state index in [-0.39, 0.29) is 11.7 Å². The molecule has 1 amide bonds. The number of hydrogen-bond acceptors (Lipinski definition) is 3. The minimum atomic E-state index is -0.132. The molecule has 0 aliphatic carbocycles. The Morgan fingerprint density at radius 3 is 2.55 bits per heavy atom. The normalized spacial score (nSPS) is 14.9. The van der Waals surface area contributed by atoms with Crippen LogP contribution in [0.25, 0.3) is 5.69 Å². The molecular formula is C23H24ClN3O2. The number of carbonyl (C=O) groups is 1. The summed E-state index contributed by atoms with van der Waals surface area (Å²) in [6.45, 7) is 5.40. The fourth-order valence-electron chi connectivity index (χ4n) is 4.03. The van der Waals surface area contributed by atoms with Gasteiger partial charge in [-0.15, -0.1) is 0 Å². The molecule has 5 nitrogen and oxygen atoms in total. The van der Waals surface area contributed by atoms with E-state index >= 15 is 0 Å². The van der Waals surface area contributed by atoms with Crippen molar-refractivity contribution in [2.75, 3.05) is 13.1 Å². The van der Waals surface area contributed by atoms with Gasteiger partial charge in [-0.2, -0.15) is 5.10 Å². The number of benzene rings is 2. The van der Waals surface area contributed by atoms with E-state index < -0.39 is 0 Å². The minimum Gasteiger partial charge on any atom is -0.508 e. The summed E-state index contributed by atoms with van der Waals surface area (Å²) >= 11 is 6.17. The number of amides is 1. The van der Waals surface area contributed by atoms with E-state index in [9.17, 15) is 9.90 Å². The molecule has 1 aliphatic rings. The molecule has 1 aliphatic heterocycles. The molecule has 1 saturated heterocycles. The Bertz CT molecular complexity index is 1050. The van der Waals surface area contributed by atoms with Crippen LogP contribution in [0, 0.1) is 13.8 Å². The number of phenols is 1. The smallest absolute Gasteiger partial charge is 0.255 e. The van der Waals surface area contributed by atoms with E-state index in [1.54, 1.807) is 6.07 Å². The Morgan fingerprint density at radius 2 is 1.83 bits per heavy atom. The summed E-state index contributed by atoms with van der Waals surface area (Å²) in [5, 5.41) is 14.8. The molecule has 1 aromatic heterocycles. The van der Waals surface area contributed by atoms with Crippen LogP contribution in [0.5, 0.6) is 5.75 Å². The van der Waals surface area contributed by atoms with Crippen molar-refractivity contribution in [3.8, 4) is 11.4 Å². The average molecular weight is 410 g/mol. The van der Waals surface area contributed by atoms with E-state index in [0.29, 0.717) is 29.6 Å². The molecule has 2 aromatic carbocycles. The number of aromatic nitrogens is 2. The molecule has 6 heteroatoms. The van der Waals surface area contributed by atoms with Crippen LogP contribution in [0.4, 0.5) is 0 Å². The third kappa shape index (κ3) is 3.87. The molecular weight excluding hydrogens is 386 g/mol. The Balaban J connectivity index is 1.53. The fraction of sp³-hybridized carbons (Fsp3) is 0.304. The van der Waals surface area contributed by atoms with Gasteiger partial charge in [-0.25, -0.2) is 4.68 Å². The van der Waals surface area contributed by atoms with Crippen LogP contribution in [0.15, 0.2) is 48.5 Å². The molecule has 150 valence electrons. The summed E-state index contributed by atoms with van der Waals surface area (Å²) in [7, 11) is 0. The number of piperidine rings is 1. The quantitative estimate of drug-likeness (QED) is 0.671. The maximum atomic E-state index is 12.9. The molecule has 0 spiro atoms. The van der Waals surface area contributed by atoms with Crippen LogP contribution < -0.4 is 0 Å². The molecule has 4 rings (SSSR count). The van der Waals surface area contributed by atoms with E-state index in [1.807, 2.05) is 24.0 Å². The maximum Gasteiger partial charge on any atom is 0.255 e. The Kier molecular flexibility index (Phi) is 5.33. The number of rotatable bonds is 3. The number of carbonyl (C=O) groups excluding carboxylic acids is 1. The molecule has 0 saturated carbocycles. The molecule has 2 heterocycles. The van der Waals surface area contributed by atoms with Gasteiger partial charge < -0.3 is 10.0 Å². The summed E-state index contributed by atoms with van der Waals surface area (Å²) in [5.74, 6) is 0.248. The van der Waals surface area contributed by atoms with Crippen LogP contribution >= 0.6 is 11.6 Å². The molecule has 0 atom stereocenters. The number of aryl methyl sites for hydroxylation is 2. The lowest BCUT2D eigenvalue weighted by molar-refractivity contribution is 0.0711. The van der Waals surface area contributed by atoms with Crippen molar-refractivity contribution < 1.29 is 9.90 Å². The highest BCUT2D eigenvalue weighted by Gasteiger charge is 2.28. The van der Waals surface area contributed by atoms with Crippen LogP contribution in [0.2, 0.25) is 5.02 Å². The largest absolute Gasteiger partial charge is 0.508 e. The van der Waals surface area contributed by atoms with Gasteiger partial charge in [0.25, 0.3) is 5.91 Å².